The van der Waals surface area contributed by atoms with Gasteiger partial charge in [0.2, 0.25) is 5.28 Å². The number of hydrogen-bond acceptors (Lipinski definition) is 6. The molecule has 0 amide bonds. The first kappa shape index (κ1) is 16.4. The Balaban J connectivity index is 2.06. The minimum Gasteiger partial charge on any atom is -0.338 e. The number of hydrogen-bond donors (Lipinski definition) is 1. The lowest BCUT2D eigenvalue weighted by molar-refractivity contribution is 1.20. The van der Waals surface area contributed by atoms with Crippen molar-refractivity contribution in [1.29, 1.82) is 5.26 Å². The van der Waals surface area contributed by atoms with Crippen molar-refractivity contribution in [2.45, 2.75) is 20.8 Å². The first-order valence-electron chi connectivity index (χ1n) is 7.23. The fourth-order valence-electron chi connectivity index (χ4n) is 2.53. The molecule has 0 aliphatic heterocycles. The van der Waals surface area contributed by atoms with E-state index in [-0.39, 0.29) is 5.28 Å². The van der Waals surface area contributed by atoms with Crippen LogP contribution >= 0.6 is 22.9 Å². The molecular formula is C17H14ClN5S. The van der Waals surface area contributed by atoms with E-state index in [4.69, 9.17) is 16.9 Å². The molecule has 0 unspecified atom stereocenters. The zero-order valence-corrected chi connectivity index (χ0v) is 15.0. The van der Waals surface area contributed by atoms with Crippen LogP contribution in [0.1, 0.15) is 21.7 Å². The molecule has 0 saturated heterocycles. The van der Waals surface area contributed by atoms with Crippen LogP contribution in [0.3, 0.4) is 0 Å². The summed E-state index contributed by atoms with van der Waals surface area (Å²) in [6, 6.07) is 6.02. The molecule has 0 fully saturated rings. The molecule has 3 rings (SSSR count). The number of allylic oxidation sites excluding steroid dienone is 1. The third kappa shape index (κ3) is 3.23. The van der Waals surface area contributed by atoms with Crippen molar-refractivity contribution < 1.29 is 0 Å². The van der Waals surface area contributed by atoms with Crippen LogP contribution in [0.4, 0.5) is 11.5 Å². The number of nitriles is 1. The van der Waals surface area contributed by atoms with Gasteiger partial charge in [0.25, 0.3) is 0 Å². The number of nitrogens with zero attached hydrogens (tertiary/aromatic N) is 4. The van der Waals surface area contributed by atoms with E-state index in [0.717, 1.165) is 32.2 Å². The molecule has 2 heterocycles. The molecule has 1 aromatic carbocycles. The highest BCUT2D eigenvalue weighted by Gasteiger charge is 2.13. The van der Waals surface area contributed by atoms with Gasteiger partial charge < -0.3 is 5.32 Å². The van der Waals surface area contributed by atoms with Crippen LogP contribution < -0.4 is 5.32 Å². The second-order valence-electron chi connectivity index (χ2n) is 5.35. The van der Waals surface area contributed by atoms with E-state index in [1.165, 1.54) is 17.4 Å². The van der Waals surface area contributed by atoms with Gasteiger partial charge >= 0.3 is 0 Å². The van der Waals surface area contributed by atoms with Gasteiger partial charge in [-0.25, -0.2) is 9.97 Å². The lowest BCUT2D eigenvalue weighted by Gasteiger charge is -2.13. The Labute approximate surface area is 148 Å². The van der Waals surface area contributed by atoms with Crippen LogP contribution in [0.15, 0.2) is 18.2 Å². The third-order valence-corrected chi connectivity index (χ3v) is 4.52. The topological polar surface area (TPSA) is 74.5 Å². The van der Waals surface area contributed by atoms with Gasteiger partial charge in [-0.05, 0) is 67.3 Å². The Hall–Kier alpha value is -2.49. The van der Waals surface area contributed by atoms with Crippen LogP contribution in [-0.4, -0.2) is 15.0 Å². The van der Waals surface area contributed by atoms with E-state index in [2.05, 4.69) is 20.3 Å². The van der Waals surface area contributed by atoms with Gasteiger partial charge in [-0.3, -0.25) is 0 Å². The first-order valence-corrected chi connectivity index (χ1v) is 8.42. The molecule has 0 aliphatic carbocycles. The van der Waals surface area contributed by atoms with Crippen molar-refractivity contribution in [1.82, 2.24) is 15.0 Å². The predicted octanol–water partition coefficient (Wildman–Crippen LogP) is 4.95. The first-order chi connectivity index (χ1) is 11.5. The number of fused-ring (bicyclic) bond motifs is 1. The number of thiazole rings is 1. The van der Waals surface area contributed by atoms with Gasteiger partial charge in [-0.1, -0.05) is 11.3 Å². The summed E-state index contributed by atoms with van der Waals surface area (Å²) in [5.74, 6) is 0.598. The molecule has 0 atom stereocenters. The van der Waals surface area contributed by atoms with Crippen LogP contribution in [0, 0.1) is 32.1 Å². The normalized spacial score (nSPS) is 11.1. The molecule has 1 N–H and O–H groups in total. The number of halogens is 1. The van der Waals surface area contributed by atoms with Crippen molar-refractivity contribution in [3.05, 3.63) is 45.2 Å². The second kappa shape index (κ2) is 6.56. The van der Waals surface area contributed by atoms with Gasteiger partial charge in [0.15, 0.2) is 10.6 Å². The number of anilines is 2. The standard InChI is InChI=1S/C17H14ClN5S/c1-9-7-12(5-4-6-19)8-10(2)13(9)21-15-14-16(23-17(18)22-15)24-11(3)20-14/h4-5,7-8H,1-3H3,(H,21,22,23)/b5-4+. The van der Waals surface area contributed by atoms with Crippen molar-refractivity contribution in [3.63, 3.8) is 0 Å². The number of aryl methyl sites for hydroxylation is 3. The van der Waals surface area contributed by atoms with E-state index in [1.807, 2.05) is 39.0 Å². The molecule has 3 aromatic rings. The van der Waals surface area contributed by atoms with Gasteiger partial charge in [0.1, 0.15) is 5.52 Å². The largest absolute Gasteiger partial charge is 0.338 e. The molecule has 2 aromatic heterocycles. The minimum atomic E-state index is 0.192. The molecule has 5 nitrogen and oxygen atoms in total. The quantitative estimate of drug-likeness (QED) is 0.531. The van der Waals surface area contributed by atoms with Crippen LogP contribution in [0.2, 0.25) is 5.28 Å². The van der Waals surface area contributed by atoms with E-state index in [0.29, 0.717) is 11.3 Å². The van der Waals surface area contributed by atoms with E-state index >= 15 is 0 Å². The molecule has 0 aliphatic rings. The van der Waals surface area contributed by atoms with Gasteiger partial charge in [0, 0.05) is 11.8 Å². The van der Waals surface area contributed by atoms with Crippen LogP contribution in [-0.2, 0) is 0 Å². The lowest BCUT2D eigenvalue weighted by atomic mass is 10.0. The maximum absolute atomic E-state index is 8.66. The van der Waals surface area contributed by atoms with Crippen LogP contribution in [0.5, 0.6) is 0 Å². The Bertz CT molecular complexity index is 977. The molecule has 7 heteroatoms. The average Bonchev–Trinajstić information content (AvgIpc) is 2.88. The summed E-state index contributed by atoms with van der Waals surface area (Å²) in [4.78, 5) is 13.8. The Morgan fingerprint density at radius 1 is 1.17 bits per heavy atom. The predicted molar refractivity (Wildman–Crippen MR) is 98.8 cm³/mol. The number of benzene rings is 1. The van der Waals surface area contributed by atoms with Crippen molar-refractivity contribution in [3.8, 4) is 6.07 Å². The Morgan fingerprint density at radius 2 is 1.88 bits per heavy atom. The molecule has 0 spiro atoms. The lowest BCUT2D eigenvalue weighted by Crippen LogP contribution is -2.01. The maximum atomic E-state index is 8.66. The van der Waals surface area contributed by atoms with Crippen molar-refractivity contribution in [2.75, 3.05) is 5.32 Å². The number of nitrogens with one attached hydrogen (secondary N) is 1. The fraction of sp³-hybridized carbons (Fsp3) is 0.176. The molecule has 0 radical (unpaired) electrons. The summed E-state index contributed by atoms with van der Waals surface area (Å²) in [7, 11) is 0. The number of aromatic nitrogens is 3. The van der Waals surface area contributed by atoms with E-state index in [9.17, 15) is 0 Å². The van der Waals surface area contributed by atoms with Gasteiger partial charge in [-0.2, -0.15) is 10.2 Å². The average molecular weight is 356 g/mol. The highest BCUT2D eigenvalue weighted by Crippen LogP contribution is 2.31. The summed E-state index contributed by atoms with van der Waals surface area (Å²) >= 11 is 7.52. The summed E-state index contributed by atoms with van der Waals surface area (Å²) in [6.45, 7) is 5.94. The third-order valence-electron chi connectivity index (χ3n) is 3.49. The smallest absolute Gasteiger partial charge is 0.225 e. The fourth-order valence-corrected chi connectivity index (χ4v) is 3.54. The molecular weight excluding hydrogens is 342 g/mol. The molecule has 0 saturated carbocycles. The van der Waals surface area contributed by atoms with Gasteiger partial charge in [0.05, 0.1) is 11.1 Å². The summed E-state index contributed by atoms with van der Waals surface area (Å²) < 4.78 is 0. The van der Waals surface area contributed by atoms with Gasteiger partial charge in [-0.15, -0.1) is 0 Å². The summed E-state index contributed by atoms with van der Waals surface area (Å²) in [5.41, 5.74) is 4.73. The highest BCUT2D eigenvalue weighted by atomic mass is 35.5. The monoisotopic (exact) mass is 355 g/mol. The zero-order chi connectivity index (χ0) is 17.3. The summed E-state index contributed by atoms with van der Waals surface area (Å²) in [5, 5.41) is 13.1. The van der Waals surface area contributed by atoms with E-state index < -0.39 is 0 Å². The number of rotatable bonds is 3. The second-order valence-corrected chi connectivity index (χ2v) is 6.86. The Morgan fingerprint density at radius 3 is 2.54 bits per heavy atom. The maximum Gasteiger partial charge on any atom is 0.225 e. The van der Waals surface area contributed by atoms with E-state index in [1.54, 1.807) is 6.08 Å². The van der Waals surface area contributed by atoms with Crippen molar-refractivity contribution >= 4 is 50.9 Å². The van der Waals surface area contributed by atoms with Crippen molar-refractivity contribution in [2.24, 2.45) is 0 Å². The molecule has 0 bridgehead atoms. The minimum absolute atomic E-state index is 0.192. The van der Waals surface area contributed by atoms with Crippen LogP contribution in [0.25, 0.3) is 16.4 Å². The Kier molecular flexibility index (Phi) is 4.47. The SMILES string of the molecule is Cc1nc2c(Nc3c(C)cc(/C=C/C#N)cc3C)nc(Cl)nc2s1. The molecule has 24 heavy (non-hydrogen) atoms. The zero-order valence-electron chi connectivity index (χ0n) is 13.4. The highest BCUT2D eigenvalue weighted by molar-refractivity contribution is 7.18. The molecule has 120 valence electrons. The summed E-state index contributed by atoms with van der Waals surface area (Å²) in [6.07, 6.45) is 3.25.